The van der Waals surface area contributed by atoms with Crippen molar-refractivity contribution in [3.8, 4) is 11.6 Å². The standard InChI is InChI=1S/C11H6BrFN2O3/c12-6-1-2-7(13)9(5-6)18-10-4-3-8(11(16)17)14-15-10/h1-5H,(H,16,17). The van der Waals surface area contributed by atoms with Gasteiger partial charge in [0, 0.05) is 10.5 Å². The summed E-state index contributed by atoms with van der Waals surface area (Å²) < 4.78 is 19.2. The fraction of sp³-hybridized carbons (Fsp3) is 0. The molecule has 2 aromatic rings. The number of aromatic carboxylic acids is 1. The monoisotopic (exact) mass is 312 g/mol. The molecule has 0 spiro atoms. The van der Waals surface area contributed by atoms with Gasteiger partial charge in [0.2, 0.25) is 5.88 Å². The van der Waals surface area contributed by atoms with E-state index in [4.69, 9.17) is 9.84 Å². The normalized spacial score (nSPS) is 10.1. The molecule has 0 saturated heterocycles. The first kappa shape index (κ1) is 12.4. The van der Waals surface area contributed by atoms with Crippen LogP contribution in [0.1, 0.15) is 10.5 Å². The summed E-state index contributed by atoms with van der Waals surface area (Å²) in [5, 5.41) is 15.6. The zero-order valence-corrected chi connectivity index (χ0v) is 10.4. The molecule has 0 atom stereocenters. The Hall–Kier alpha value is -2.02. The van der Waals surface area contributed by atoms with Crippen LogP contribution in [0.25, 0.3) is 0 Å². The average Bonchev–Trinajstić information content (AvgIpc) is 2.34. The minimum atomic E-state index is -1.19. The zero-order valence-electron chi connectivity index (χ0n) is 8.80. The molecule has 0 aliphatic heterocycles. The molecule has 5 nitrogen and oxygen atoms in total. The van der Waals surface area contributed by atoms with E-state index >= 15 is 0 Å². The third-order valence-electron chi connectivity index (χ3n) is 1.97. The number of ether oxygens (including phenoxy) is 1. The van der Waals surface area contributed by atoms with E-state index in [-0.39, 0.29) is 17.3 Å². The Morgan fingerprint density at radius 3 is 2.67 bits per heavy atom. The molecule has 7 heteroatoms. The highest BCUT2D eigenvalue weighted by molar-refractivity contribution is 9.10. The highest BCUT2D eigenvalue weighted by atomic mass is 79.9. The molecule has 1 heterocycles. The second-order valence-corrected chi connectivity index (χ2v) is 4.15. The number of nitrogens with zero attached hydrogens (tertiary/aromatic N) is 2. The molecule has 92 valence electrons. The van der Waals surface area contributed by atoms with Crippen molar-refractivity contribution in [1.29, 1.82) is 0 Å². The highest BCUT2D eigenvalue weighted by Gasteiger charge is 2.09. The number of carboxylic acid groups (broad SMARTS) is 1. The van der Waals surface area contributed by atoms with Crippen LogP contribution in [0.3, 0.4) is 0 Å². The number of hydrogen-bond acceptors (Lipinski definition) is 4. The molecule has 0 saturated carbocycles. The smallest absolute Gasteiger partial charge is 0.356 e. The third-order valence-corrected chi connectivity index (χ3v) is 2.46. The maximum atomic E-state index is 13.4. The minimum absolute atomic E-state index is 0.0111. The molecule has 18 heavy (non-hydrogen) atoms. The summed E-state index contributed by atoms with van der Waals surface area (Å²) in [6, 6.07) is 6.72. The van der Waals surface area contributed by atoms with E-state index in [0.29, 0.717) is 4.47 Å². The molecule has 2 rings (SSSR count). The van der Waals surface area contributed by atoms with Crippen LogP contribution >= 0.6 is 15.9 Å². The molecular weight excluding hydrogens is 307 g/mol. The highest BCUT2D eigenvalue weighted by Crippen LogP contribution is 2.26. The Bertz CT molecular complexity index is 589. The summed E-state index contributed by atoms with van der Waals surface area (Å²) in [4.78, 5) is 10.6. The lowest BCUT2D eigenvalue weighted by atomic mass is 10.3. The molecule has 0 bridgehead atoms. The van der Waals surface area contributed by atoms with Gasteiger partial charge in [-0.2, -0.15) is 0 Å². The number of carboxylic acids is 1. The van der Waals surface area contributed by atoms with E-state index in [2.05, 4.69) is 26.1 Å². The summed E-state index contributed by atoms with van der Waals surface area (Å²) in [5.41, 5.74) is -0.211. The number of halogens is 2. The Labute approximate surface area is 109 Å². The number of aromatic nitrogens is 2. The van der Waals surface area contributed by atoms with Crippen molar-refractivity contribution < 1.29 is 19.0 Å². The number of rotatable bonds is 3. The first-order chi connectivity index (χ1) is 8.56. The lowest BCUT2D eigenvalue weighted by Gasteiger charge is -2.05. The second-order valence-electron chi connectivity index (χ2n) is 3.24. The van der Waals surface area contributed by atoms with Crippen LogP contribution in [0.4, 0.5) is 4.39 Å². The molecule has 1 aromatic heterocycles. The second kappa shape index (κ2) is 5.09. The van der Waals surface area contributed by atoms with E-state index in [1.807, 2.05) is 0 Å². The zero-order chi connectivity index (χ0) is 13.1. The predicted molar refractivity (Wildman–Crippen MR) is 63.2 cm³/mol. The number of benzene rings is 1. The summed E-state index contributed by atoms with van der Waals surface area (Å²) in [7, 11) is 0. The van der Waals surface area contributed by atoms with Crippen molar-refractivity contribution in [2.45, 2.75) is 0 Å². The van der Waals surface area contributed by atoms with Crippen LogP contribution in [0, 0.1) is 5.82 Å². The molecule has 0 radical (unpaired) electrons. The van der Waals surface area contributed by atoms with Crippen LogP contribution in [-0.2, 0) is 0 Å². The molecule has 1 N–H and O–H groups in total. The SMILES string of the molecule is O=C(O)c1ccc(Oc2cc(Br)ccc2F)nn1. The number of carbonyl (C=O) groups is 1. The van der Waals surface area contributed by atoms with Gasteiger partial charge in [0.1, 0.15) is 0 Å². The molecule has 0 fully saturated rings. The van der Waals surface area contributed by atoms with Gasteiger partial charge in [0.25, 0.3) is 0 Å². The van der Waals surface area contributed by atoms with E-state index in [9.17, 15) is 9.18 Å². The van der Waals surface area contributed by atoms with Crippen LogP contribution in [-0.4, -0.2) is 21.3 Å². The van der Waals surface area contributed by atoms with Gasteiger partial charge in [-0.1, -0.05) is 15.9 Å². The average molecular weight is 313 g/mol. The number of hydrogen-bond donors (Lipinski definition) is 1. The summed E-state index contributed by atoms with van der Waals surface area (Å²) in [6.07, 6.45) is 0. The predicted octanol–water partition coefficient (Wildman–Crippen LogP) is 2.87. The first-order valence-corrected chi connectivity index (χ1v) is 5.55. The van der Waals surface area contributed by atoms with Gasteiger partial charge in [-0.25, -0.2) is 9.18 Å². The van der Waals surface area contributed by atoms with Crippen molar-refractivity contribution in [2.24, 2.45) is 0 Å². The van der Waals surface area contributed by atoms with Gasteiger partial charge in [0.05, 0.1) is 0 Å². The van der Waals surface area contributed by atoms with E-state index in [1.54, 1.807) is 0 Å². The maximum absolute atomic E-state index is 13.4. The Balaban J connectivity index is 2.23. The molecule has 0 aliphatic carbocycles. The van der Waals surface area contributed by atoms with Crippen LogP contribution in [0.2, 0.25) is 0 Å². The van der Waals surface area contributed by atoms with E-state index in [0.717, 1.165) is 0 Å². The summed E-state index contributed by atoms with van der Waals surface area (Å²) in [6.45, 7) is 0. The quantitative estimate of drug-likeness (QED) is 0.943. The van der Waals surface area contributed by atoms with Gasteiger partial charge in [-0.05, 0) is 24.3 Å². The molecule has 0 unspecified atom stereocenters. The minimum Gasteiger partial charge on any atom is -0.476 e. The molecule has 1 aromatic carbocycles. The Morgan fingerprint density at radius 2 is 2.06 bits per heavy atom. The maximum Gasteiger partial charge on any atom is 0.356 e. The fourth-order valence-electron chi connectivity index (χ4n) is 1.16. The Kier molecular flexibility index (Phi) is 3.52. The van der Waals surface area contributed by atoms with Crippen molar-refractivity contribution in [3.63, 3.8) is 0 Å². The van der Waals surface area contributed by atoms with Gasteiger partial charge in [-0.3, -0.25) is 0 Å². The van der Waals surface area contributed by atoms with Crippen molar-refractivity contribution in [3.05, 3.63) is 46.3 Å². The largest absolute Gasteiger partial charge is 0.476 e. The van der Waals surface area contributed by atoms with Gasteiger partial charge in [0.15, 0.2) is 17.3 Å². The van der Waals surface area contributed by atoms with E-state index in [1.165, 1.54) is 30.3 Å². The van der Waals surface area contributed by atoms with E-state index < -0.39 is 11.8 Å². The van der Waals surface area contributed by atoms with Crippen molar-refractivity contribution in [1.82, 2.24) is 10.2 Å². The fourth-order valence-corrected chi connectivity index (χ4v) is 1.50. The van der Waals surface area contributed by atoms with Crippen LogP contribution in [0.5, 0.6) is 11.6 Å². The van der Waals surface area contributed by atoms with Gasteiger partial charge < -0.3 is 9.84 Å². The summed E-state index contributed by atoms with van der Waals surface area (Å²) in [5.74, 6) is -1.76. The summed E-state index contributed by atoms with van der Waals surface area (Å²) >= 11 is 3.18. The van der Waals surface area contributed by atoms with Crippen molar-refractivity contribution in [2.75, 3.05) is 0 Å². The van der Waals surface area contributed by atoms with Crippen molar-refractivity contribution >= 4 is 21.9 Å². The first-order valence-electron chi connectivity index (χ1n) is 4.76. The topological polar surface area (TPSA) is 72.3 Å². The third kappa shape index (κ3) is 2.80. The molecule has 0 amide bonds. The lowest BCUT2D eigenvalue weighted by molar-refractivity contribution is 0.0689. The van der Waals surface area contributed by atoms with Gasteiger partial charge in [-0.15, -0.1) is 10.2 Å². The van der Waals surface area contributed by atoms with Crippen LogP contribution in [0.15, 0.2) is 34.8 Å². The molecular formula is C11H6BrFN2O3. The Morgan fingerprint density at radius 1 is 1.28 bits per heavy atom. The van der Waals surface area contributed by atoms with Crippen LogP contribution < -0.4 is 4.74 Å². The lowest BCUT2D eigenvalue weighted by Crippen LogP contribution is -2.02. The molecule has 0 aliphatic rings. The van der Waals surface area contributed by atoms with Gasteiger partial charge >= 0.3 is 5.97 Å².